The first-order chi connectivity index (χ1) is 6.59. The molecule has 0 aromatic rings. The van der Waals surface area contributed by atoms with Crippen LogP contribution in [0.1, 0.15) is 39.5 Å². The van der Waals surface area contributed by atoms with Gasteiger partial charge < -0.3 is 9.47 Å². The Kier molecular flexibility index (Phi) is 3.92. The van der Waals surface area contributed by atoms with Crippen molar-refractivity contribution in [3.05, 3.63) is 0 Å². The van der Waals surface area contributed by atoms with Gasteiger partial charge in [-0.15, -0.1) is 0 Å². The van der Waals surface area contributed by atoms with Gasteiger partial charge in [0.25, 0.3) is 0 Å². The first-order valence-electron chi connectivity index (χ1n) is 4.94. The van der Waals surface area contributed by atoms with Crippen molar-refractivity contribution in [3.63, 3.8) is 0 Å². The lowest BCUT2D eigenvalue weighted by Gasteiger charge is -2.29. The molecule has 0 unspecified atom stereocenters. The maximum atomic E-state index is 10.8. The third kappa shape index (κ3) is 3.36. The minimum atomic E-state index is -0.311. The number of hydrogen-bond acceptors (Lipinski definition) is 4. The maximum Gasteiger partial charge on any atom is 0.303 e. The lowest BCUT2D eigenvalue weighted by atomic mass is 9.94. The molecule has 0 bridgehead atoms. The van der Waals surface area contributed by atoms with Gasteiger partial charge in [0, 0.05) is 13.8 Å². The minimum absolute atomic E-state index is 0.245. The van der Waals surface area contributed by atoms with Crippen LogP contribution in [0.4, 0.5) is 0 Å². The molecule has 0 saturated heterocycles. The summed E-state index contributed by atoms with van der Waals surface area (Å²) < 4.78 is 10.2. The van der Waals surface area contributed by atoms with E-state index in [0.717, 1.165) is 25.7 Å². The molecule has 2 atom stereocenters. The summed E-state index contributed by atoms with van der Waals surface area (Å²) in [4.78, 5) is 21.6. The molecule has 0 heterocycles. The van der Waals surface area contributed by atoms with Crippen molar-refractivity contribution in [2.75, 3.05) is 0 Å². The van der Waals surface area contributed by atoms with Crippen LogP contribution in [0.2, 0.25) is 0 Å². The molecule has 1 aliphatic carbocycles. The van der Waals surface area contributed by atoms with Gasteiger partial charge in [-0.25, -0.2) is 0 Å². The predicted octanol–water partition coefficient (Wildman–Crippen LogP) is 1.42. The fraction of sp³-hybridized carbons (Fsp3) is 0.800. The van der Waals surface area contributed by atoms with Crippen LogP contribution in [0.5, 0.6) is 0 Å². The van der Waals surface area contributed by atoms with Crippen LogP contribution in [0.15, 0.2) is 0 Å². The van der Waals surface area contributed by atoms with E-state index in [1.54, 1.807) is 0 Å². The molecule has 0 aromatic heterocycles. The van der Waals surface area contributed by atoms with Gasteiger partial charge in [0.05, 0.1) is 0 Å². The Labute approximate surface area is 83.6 Å². The average Bonchev–Trinajstić information content (AvgIpc) is 2.06. The van der Waals surface area contributed by atoms with Crippen LogP contribution in [-0.2, 0) is 19.1 Å². The van der Waals surface area contributed by atoms with E-state index in [1.165, 1.54) is 13.8 Å². The lowest BCUT2D eigenvalue weighted by Crippen LogP contribution is -2.36. The van der Waals surface area contributed by atoms with Gasteiger partial charge in [0.1, 0.15) is 12.2 Å². The second-order valence-electron chi connectivity index (χ2n) is 3.58. The topological polar surface area (TPSA) is 52.6 Å². The highest BCUT2D eigenvalue weighted by atomic mass is 16.6. The summed E-state index contributed by atoms with van der Waals surface area (Å²) in [6.45, 7) is 2.75. The summed E-state index contributed by atoms with van der Waals surface area (Å²) in [5.41, 5.74) is 0. The summed E-state index contributed by atoms with van der Waals surface area (Å²) in [6.07, 6.45) is 3.14. The number of rotatable bonds is 2. The van der Waals surface area contributed by atoms with E-state index >= 15 is 0 Å². The summed E-state index contributed by atoms with van der Waals surface area (Å²) in [6, 6.07) is 0. The molecule has 1 saturated carbocycles. The first kappa shape index (κ1) is 11.0. The molecule has 1 aliphatic rings. The zero-order valence-corrected chi connectivity index (χ0v) is 8.62. The molecule has 14 heavy (non-hydrogen) atoms. The number of hydrogen-bond donors (Lipinski definition) is 0. The van der Waals surface area contributed by atoms with Crippen molar-refractivity contribution in [1.29, 1.82) is 0 Å². The molecular formula is C10H16O4. The molecule has 80 valence electrons. The third-order valence-electron chi connectivity index (χ3n) is 2.28. The van der Waals surface area contributed by atoms with E-state index in [0.29, 0.717) is 0 Å². The maximum absolute atomic E-state index is 10.8. The average molecular weight is 200 g/mol. The smallest absolute Gasteiger partial charge is 0.303 e. The molecule has 4 nitrogen and oxygen atoms in total. The Morgan fingerprint density at radius 3 is 1.57 bits per heavy atom. The second-order valence-corrected chi connectivity index (χ2v) is 3.58. The Hall–Kier alpha value is -1.06. The fourth-order valence-electron chi connectivity index (χ4n) is 1.76. The molecular weight excluding hydrogens is 184 g/mol. The summed E-state index contributed by atoms with van der Waals surface area (Å²) in [5, 5.41) is 0. The van der Waals surface area contributed by atoms with Crippen molar-refractivity contribution in [3.8, 4) is 0 Å². The third-order valence-corrected chi connectivity index (χ3v) is 2.28. The summed E-state index contributed by atoms with van der Waals surface area (Å²) >= 11 is 0. The van der Waals surface area contributed by atoms with E-state index in [-0.39, 0.29) is 24.1 Å². The monoisotopic (exact) mass is 200 g/mol. The zero-order chi connectivity index (χ0) is 10.6. The molecule has 1 fully saturated rings. The molecule has 0 aromatic carbocycles. The quantitative estimate of drug-likeness (QED) is 0.633. The van der Waals surface area contributed by atoms with Crippen LogP contribution in [0.3, 0.4) is 0 Å². The molecule has 4 heteroatoms. The Morgan fingerprint density at radius 2 is 1.29 bits per heavy atom. The van der Waals surface area contributed by atoms with Crippen molar-refractivity contribution in [2.24, 2.45) is 0 Å². The molecule has 0 radical (unpaired) electrons. The number of carbonyl (C=O) groups is 2. The van der Waals surface area contributed by atoms with E-state index in [9.17, 15) is 9.59 Å². The fourth-order valence-corrected chi connectivity index (χ4v) is 1.76. The highest BCUT2D eigenvalue weighted by Crippen LogP contribution is 2.24. The first-order valence-corrected chi connectivity index (χ1v) is 4.94. The molecule has 0 N–H and O–H groups in total. The van der Waals surface area contributed by atoms with Gasteiger partial charge in [0.15, 0.2) is 0 Å². The number of carbonyl (C=O) groups excluding carboxylic acids is 2. The highest BCUT2D eigenvalue weighted by Gasteiger charge is 2.29. The van der Waals surface area contributed by atoms with Crippen molar-refractivity contribution in [2.45, 2.75) is 51.7 Å². The van der Waals surface area contributed by atoms with Crippen molar-refractivity contribution in [1.82, 2.24) is 0 Å². The van der Waals surface area contributed by atoms with E-state index in [2.05, 4.69) is 0 Å². The number of esters is 2. The second kappa shape index (κ2) is 4.98. The number of ether oxygens (including phenoxy) is 2. The Morgan fingerprint density at radius 1 is 0.929 bits per heavy atom. The SMILES string of the molecule is CC(=O)O[C@H]1CCCC[C@H]1OC(C)=O. The largest absolute Gasteiger partial charge is 0.459 e. The normalized spacial score (nSPS) is 26.7. The van der Waals surface area contributed by atoms with E-state index in [4.69, 9.17) is 9.47 Å². The minimum Gasteiger partial charge on any atom is -0.459 e. The summed E-state index contributed by atoms with van der Waals surface area (Å²) in [7, 11) is 0. The Balaban J connectivity index is 2.49. The van der Waals surface area contributed by atoms with Crippen LogP contribution >= 0.6 is 0 Å². The van der Waals surface area contributed by atoms with Gasteiger partial charge >= 0.3 is 11.9 Å². The van der Waals surface area contributed by atoms with Crippen LogP contribution in [0, 0.1) is 0 Å². The molecule has 0 aliphatic heterocycles. The Bertz CT molecular complexity index is 200. The zero-order valence-electron chi connectivity index (χ0n) is 8.62. The standard InChI is InChI=1S/C10H16O4/c1-7(11)13-9-5-3-4-6-10(9)14-8(2)12/h9-10H,3-6H2,1-2H3/t9-,10+. The lowest BCUT2D eigenvalue weighted by molar-refractivity contribution is -0.168. The molecule has 0 amide bonds. The van der Waals surface area contributed by atoms with Gasteiger partial charge in [-0.3, -0.25) is 9.59 Å². The molecule has 1 rings (SSSR count). The van der Waals surface area contributed by atoms with Gasteiger partial charge in [-0.2, -0.15) is 0 Å². The van der Waals surface area contributed by atoms with Crippen molar-refractivity contribution < 1.29 is 19.1 Å². The van der Waals surface area contributed by atoms with Gasteiger partial charge in [0.2, 0.25) is 0 Å². The van der Waals surface area contributed by atoms with E-state index < -0.39 is 0 Å². The van der Waals surface area contributed by atoms with Gasteiger partial charge in [-0.05, 0) is 25.7 Å². The van der Waals surface area contributed by atoms with Crippen LogP contribution in [0.25, 0.3) is 0 Å². The van der Waals surface area contributed by atoms with E-state index in [1.807, 2.05) is 0 Å². The predicted molar refractivity (Wildman–Crippen MR) is 49.6 cm³/mol. The van der Waals surface area contributed by atoms with Crippen molar-refractivity contribution >= 4 is 11.9 Å². The summed E-state index contributed by atoms with van der Waals surface area (Å²) in [5.74, 6) is -0.622. The van der Waals surface area contributed by atoms with Gasteiger partial charge in [-0.1, -0.05) is 0 Å². The van der Waals surface area contributed by atoms with Crippen LogP contribution in [-0.4, -0.2) is 24.1 Å². The van der Waals surface area contributed by atoms with Crippen LogP contribution < -0.4 is 0 Å². The molecule has 0 spiro atoms. The highest BCUT2D eigenvalue weighted by molar-refractivity contribution is 5.67.